The maximum atomic E-state index is 11.9. The second-order valence-corrected chi connectivity index (χ2v) is 6.49. The van der Waals surface area contributed by atoms with Gasteiger partial charge in [-0.05, 0) is 10.8 Å². The van der Waals surface area contributed by atoms with E-state index in [1.807, 2.05) is 6.21 Å². The largest absolute Gasteiger partial charge is 0.273 e. The minimum absolute atomic E-state index is 0.00463. The van der Waals surface area contributed by atoms with Crippen molar-refractivity contribution in [3.05, 3.63) is 0 Å². The quantitative estimate of drug-likeness (QED) is 0.655. The lowest BCUT2D eigenvalue weighted by molar-refractivity contribution is -0.132. The molecule has 1 amide bonds. The number of nitrogens with one attached hydrogen (secondary N) is 1. The number of amides is 1. The van der Waals surface area contributed by atoms with Crippen LogP contribution in [0.1, 0.15) is 41.5 Å². The molecule has 1 aliphatic heterocycles. The Balaban J connectivity index is 3.08. The Morgan fingerprint density at radius 2 is 1.67 bits per heavy atom. The molecule has 2 atom stereocenters. The van der Waals surface area contributed by atoms with Crippen molar-refractivity contribution in [1.82, 2.24) is 5.43 Å². The molecule has 15 heavy (non-hydrogen) atoms. The summed E-state index contributed by atoms with van der Waals surface area (Å²) < 4.78 is 0. The smallest absolute Gasteiger partial charge is 0.244 e. The van der Waals surface area contributed by atoms with Crippen LogP contribution in [-0.2, 0) is 4.79 Å². The number of hydrogen-bond acceptors (Lipinski definition) is 2. The molecule has 0 bridgehead atoms. The summed E-state index contributed by atoms with van der Waals surface area (Å²) >= 11 is 0. The molecule has 0 fully saturated rings. The van der Waals surface area contributed by atoms with E-state index in [0.29, 0.717) is 0 Å². The predicted molar refractivity (Wildman–Crippen MR) is 62.5 cm³/mol. The van der Waals surface area contributed by atoms with Crippen molar-refractivity contribution in [2.45, 2.75) is 41.5 Å². The lowest BCUT2D eigenvalue weighted by atomic mass is 9.64. The van der Waals surface area contributed by atoms with Crippen LogP contribution < -0.4 is 5.43 Å². The van der Waals surface area contributed by atoms with Crippen molar-refractivity contribution in [2.75, 3.05) is 0 Å². The summed E-state index contributed by atoms with van der Waals surface area (Å²) in [6.07, 6.45) is 1.89. The molecule has 0 saturated heterocycles. The maximum Gasteiger partial charge on any atom is 0.244 e. The lowest BCUT2D eigenvalue weighted by Crippen LogP contribution is -2.48. The van der Waals surface area contributed by atoms with Gasteiger partial charge in [0.25, 0.3) is 0 Å². The average Bonchev–Trinajstić information content (AvgIpc) is 1.99. The second-order valence-electron chi connectivity index (χ2n) is 6.49. The Morgan fingerprint density at radius 3 is 2.00 bits per heavy atom. The summed E-state index contributed by atoms with van der Waals surface area (Å²) in [4.78, 5) is 11.9. The van der Waals surface area contributed by atoms with Gasteiger partial charge in [-0.3, -0.25) is 4.79 Å². The van der Waals surface area contributed by atoms with Crippen LogP contribution in [-0.4, -0.2) is 12.1 Å². The van der Waals surface area contributed by atoms with Crippen LogP contribution in [0.2, 0.25) is 0 Å². The van der Waals surface area contributed by atoms with Crippen LogP contribution in [0.5, 0.6) is 0 Å². The van der Waals surface area contributed by atoms with Crippen LogP contribution in [0.3, 0.4) is 0 Å². The fraction of sp³-hybridized carbons (Fsp3) is 0.833. The molecule has 0 radical (unpaired) electrons. The van der Waals surface area contributed by atoms with Crippen molar-refractivity contribution in [1.29, 1.82) is 0 Å². The third-order valence-corrected chi connectivity index (χ3v) is 2.98. The fourth-order valence-electron chi connectivity index (χ4n) is 2.16. The topological polar surface area (TPSA) is 41.5 Å². The highest BCUT2D eigenvalue weighted by atomic mass is 16.2. The molecule has 0 aliphatic carbocycles. The maximum absolute atomic E-state index is 11.9. The van der Waals surface area contributed by atoms with Gasteiger partial charge < -0.3 is 0 Å². The van der Waals surface area contributed by atoms with Gasteiger partial charge >= 0.3 is 0 Å². The fourth-order valence-corrected chi connectivity index (χ4v) is 2.16. The molecular formula is C12H22N2O. The Hall–Kier alpha value is -0.860. The first-order chi connectivity index (χ1) is 6.64. The zero-order chi connectivity index (χ0) is 11.9. The monoisotopic (exact) mass is 210 g/mol. The molecule has 1 rings (SSSR count). The van der Waals surface area contributed by atoms with Crippen LogP contribution in [0.4, 0.5) is 0 Å². The van der Waals surface area contributed by atoms with E-state index in [4.69, 9.17) is 0 Å². The zero-order valence-corrected chi connectivity index (χ0v) is 10.6. The van der Waals surface area contributed by atoms with Gasteiger partial charge in [0, 0.05) is 12.1 Å². The minimum Gasteiger partial charge on any atom is -0.273 e. The first kappa shape index (κ1) is 12.2. The molecule has 0 saturated carbocycles. The number of carbonyl (C=O) groups is 1. The summed E-state index contributed by atoms with van der Waals surface area (Å²) in [5.74, 6) is 0.242. The molecule has 86 valence electrons. The number of hydrazone groups is 1. The van der Waals surface area contributed by atoms with E-state index in [0.717, 1.165) is 0 Å². The normalized spacial score (nSPS) is 27.7. The lowest BCUT2D eigenvalue weighted by Gasteiger charge is -2.41. The van der Waals surface area contributed by atoms with Crippen molar-refractivity contribution in [2.24, 2.45) is 27.8 Å². The third kappa shape index (κ3) is 2.58. The van der Waals surface area contributed by atoms with Gasteiger partial charge in [-0.2, -0.15) is 5.10 Å². The van der Waals surface area contributed by atoms with Gasteiger partial charge in [-0.15, -0.1) is 0 Å². The predicted octanol–water partition coefficient (Wildman–Crippen LogP) is 2.43. The molecule has 1 aliphatic rings. The van der Waals surface area contributed by atoms with Crippen LogP contribution in [0.25, 0.3) is 0 Å². The van der Waals surface area contributed by atoms with Crippen molar-refractivity contribution in [3.63, 3.8) is 0 Å². The standard InChI is InChI=1S/C12H22N2O/c1-11(2,3)8-7-13-14-10(15)9(8)12(4,5)6/h7-9H,1-6H3,(H,14,15). The van der Waals surface area contributed by atoms with Crippen molar-refractivity contribution in [3.8, 4) is 0 Å². The van der Waals surface area contributed by atoms with Crippen LogP contribution in [0, 0.1) is 22.7 Å². The van der Waals surface area contributed by atoms with Gasteiger partial charge in [-0.1, -0.05) is 41.5 Å². The summed E-state index contributed by atoms with van der Waals surface area (Å²) in [5.41, 5.74) is 2.61. The van der Waals surface area contributed by atoms with Crippen molar-refractivity contribution < 1.29 is 4.79 Å². The third-order valence-electron chi connectivity index (χ3n) is 2.98. The number of rotatable bonds is 0. The van der Waals surface area contributed by atoms with Crippen LogP contribution in [0.15, 0.2) is 5.10 Å². The van der Waals surface area contributed by atoms with E-state index in [1.165, 1.54) is 0 Å². The Morgan fingerprint density at radius 1 is 1.13 bits per heavy atom. The van der Waals surface area contributed by atoms with Gasteiger partial charge in [-0.25, -0.2) is 5.43 Å². The van der Waals surface area contributed by atoms with E-state index in [1.54, 1.807) is 0 Å². The Labute approximate surface area is 92.3 Å². The molecule has 3 nitrogen and oxygen atoms in total. The number of carbonyl (C=O) groups excluding carboxylic acids is 1. The molecular weight excluding hydrogens is 188 g/mol. The molecule has 0 aromatic heterocycles. The molecule has 0 aromatic carbocycles. The van der Waals surface area contributed by atoms with E-state index >= 15 is 0 Å². The minimum atomic E-state index is -0.0333. The first-order valence-corrected chi connectivity index (χ1v) is 5.47. The molecule has 0 spiro atoms. The summed E-state index contributed by atoms with van der Waals surface area (Å²) in [7, 11) is 0. The summed E-state index contributed by atoms with van der Waals surface area (Å²) in [6.45, 7) is 12.8. The SMILES string of the molecule is CC(C)(C)C1C=NNC(=O)C1C(C)(C)C. The molecule has 2 unspecified atom stereocenters. The first-order valence-electron chi connectivity index (χ1n) is 5.47. The average molecular weight is 210 g/mol. The van der Waals surface area contributed by atoms with E-state index in [-0.39, 0.29) is 28.6 Å². The van der Waals surface area contributed by atoms with Gasteiger partial charge in [0.05, 0.1) is 5.92 Å². The molecule has 1 heterocycles. The van der Waals surface area contributed by atoms with Gasteiger partial charge in [0.15, 0.2) is 0 Å². The highest BCUT2D eigenvalue weighted by Gasteiger charge is 2.44. The van der Waals surface area contributed by atoms with Crippen LogP contribution >= 0.6 is 0 Å². The highest BCUT2D eigenvalue weighted by Crippen LogP contribution is 2.41. The van der Waals surface area contributed by atoms with Gasteiger partial charge in [0.1, 0.15) is 0 Å². The van der Waals surface area contributed by atoms with E-state index in [9.17, 15) is 4.79 Å². The molecule has 1 N–H and O–H groups in total. The number of nitrogens with zero attached hydrogens (tertiary/aromatic N) is 1. The Bertz CT molecular complexity index is 281. The zero-order valence-electron chi connectivity index (χ0n) is 10.6. The molecule has 3 heteroatoms. The second kappa shape index (κ2) is 3.62. The Kier molecular flexibility index (Phi) is 2.94. The van der Waals surface area contributed by atoms with E-state index < -0.39 is 0 Å². The highest BCUT2D eigenvalue weighted by molar-refractivity contribution is 5.86. The van der Waals surface area contributed by atoms with E-state index in [2.05, 4.69) is 52.1 Å². The van der Waals surface area contributed by atoms with Crippen molar-refractivity contribution >= 4 is 12.1 Å². The van der Waals surface area contributed by atoms with Gasteiger partial charge in [0.2, 0.25) is 5.91 Å². The number of hydrogen-bond donors (Lipinski definition) is 1. The molecule has 0 aromatic rings. The summed E-state index contributed by atoms with van der Waals surface area (Å²) in [5, 5.41) is 3.95. The summed E-state index contributed by atoms with van der Waals surface area (Å²) in [6, 6.07) is 0.